The third-order valence-corrected chi connectivity index (χ3v) is 4.52. The van der Waals surface area contributed by atoms with Crippen molar-refractivity contribution < 1.29 is 19.2 Å². The Bertz CT molecular complexity index is 709. The summed E-state index contributed by atoms with van der Waals surface area (Å²) >= 11 is 0. The SMILES string of the molecule is CCNC(=O)CN(CC)C(=O)C(CC(C)C)N1C(=O)c2ccccc2C1=O. The van der Waals surface area contributed by atoms with E-state index in [0.29, 0.717) is 30.6 Å². The van der Waals surface area contributed by atoms with Gasteiger partial charge in [-0.15, -0.1) is 0 Å². The summed E-state index contributed by atoms with van der Waals surface area (Å²) in [6.45, 7) is 8.12. The van der Waals surface area contributed by atoms with Gasteiger partial charge in [-0.05, 0) is 38.3 Å². The Morgan fingerprint density at radius 1 is 1.07 bits per heavy atom. The molecule has 7 nitrogen and oxygen atoms in total. The third-order valence-electron chi connectivity index (χ3n) is 4.52. The molecule has 0 aromatic heterocycles. The lowest BCUT2D eigenvalue weighted by atomic mass is 10.0. The summed E-state index contributed by atoms with van der Waals surface area (Å²) < 4.78 is 0. The predicted molar refractivity (Wildman–Crippen MR) is 101 cm³/mol. The molecule has 0 fully saturated rings. The van der Waals surface area contributed by atoms with Crippen LogP contribution in [-0.2, 0) is 9.59 Å². The van der Waals surface area contributed by atoms with Crippen LogP contribution in [0.25, 0.3) is 0 Å². The van der Waals surface area contributed by atoms with E-state index in [2.05, 4.69) is 5.32 Å². The number of hydrogen-bond acceptors (Lipinski definition) is 4. The topological polar surface area (TPSA) is 86.8 Å². The summed E-state index contributed by atoms with van der Waals surface area (Å²) in [5, 5.41) is 2.67. The molecular formula is C20H27N3O4. The molecule has 0 spiro atoms. The number of amides is 4. The van der Waals surface area contributed by atoms with Crippen molar-refractivity contribution in [2.75, 3.05) is 19.6 Å². The molecule has 1 heterocycles. The largest absolute Gasteiger partial charge is 0.355 e. The van der Waals surface area contributed by atoms with Crippen molar-refractivity contribution in [3.63, 3.8) is 0 Å². The number of likely N-dealkylation sites (N-methyl/N-ethyl adjacent to an activating group) is 2. The second-order valence-corrected chi connectivity index (χ2v) is 6.98. The van der Waals surface area contributed by atoms with Gasteiger partial charge in [-0.3, -0.25) is 24.1 Å². The monoisotopic (exact) mass is 373 g/mol. The second kappa shape index (κ2) is 8.79. The lowest BCUT2D eigenvalue weighted by Crippen LogP contribution is -2.53. The first-order chi connectivity index (χ1) is 12.8. The van der Waals surface area contributed by atoms with Gasteiger partial charge in [0, 0.05) is 13.1 Å². The number of nitrogens with zero attached hydrogens (tertiary/aromatic N) is 2. The summed E-state index contributed by atoms with van der Waals surface area (Å²) in [6, 6.07) is 5.66. The first kappa shape index (κ1) is 20.6. The van der Waals surface area contributed by atoms with Crippen molar-refractivity contribution in [3.8, 4) is 0 Å². The lowest BCUT2D eigenvalue weighted by Gasteiger charge is -2.31. The molecule has 4 amide bonds. The van der Waals surface area contributed by atoms with Crippen LogP contribution in [0, 0.1) is 5.92 Å². The summed E-state index contributed by atoms with van der Waals surface area (Å²) in [5.74, 6) is -1.47. The zero-order valence-electron chi connectivity index (χ0n) is 16.3. The molecule has 7 heteroatoms. The Kier molecular flexibility index (Phi) is 6.71. The summed E-state index contributed by atoms with van der Waals surface area (Å²) in [4.78, 5) is 53.2. The highest BCUT2D eigenvalue weighted by Crippen LogP contribution is 2.27. The summed E-state index contributed by atoms with van der Waals surface area (Å²) in [5.41, 5.74) is 0.631. The zero-order valence-corrected chi connectivity index (χ0v) is 16.3. The number of fused-ring (bicyclic) bond motifs is 1. The van der Waals surface area contributed by atoms with Gasteiger partial charge in [-0.1, -0.05) is 26.0 Å². The Hall–Kier alpha value is -2.70. The van der Waals surface area contributed by atoms with Gasteiger partial charge in [-0.25, -0.2) is 0 Å². The molecule has 146 valence electrons. The molecule has 1 unspecified atom stereocenters. The highest BCUT2D eigenvalue weighted by atomic mass is 16.2. The second-order valence-electron chi connectivity index (χ2n) is 6.98. The number of carbonyl (C=O) groups excluding carboxylic acids is 4. The van der Waals surface area contributed by atoms with Crippen LogP contribution in [-0.4, -0.2) is 59.1 Å². The van der Waals surface area contributed by atoms with Crippen LogP contribution in [0.2, 0.25) is 0 Å². The van der Waals surface area contributed by atoms with Crippen LogP contribution in [0.1, 0.15) is 54.8 Å². The zero-order chi connectivity index (χ0) is 20.1. The minimum atomic E-state index is -0.924. The van der Waals surface area contributed by atoms with Crippen LogP contribution in [0.5, 0.6) is 0 Å². The molecule has 1 aliphatic rings. The van der Waals surface area contributed by atoms with E-state index in [1.165, 1.54) is 4.90 Å². The Morgan fingerprint density at radius 2 is 1.63 bits per heavy atom. The molecule has 0 aliphatic carbocycles. The van der Waals surface area contributed by atoms with Gasteiger partial charge in [0.15, 0.2) is 0 Å². The van der Waals surface area contributed by atoms with E-state index >= 15 is 0 Å². The maximum absolute atomic E-state index is 13.2. The van der Waals surface area contributed by atoms with Crippen molar-refractivity contribution in [2.45, 2.75) is 40.2 Å². The number of rotatable bonds is 8. The van der Waals surface area contributed by atoms with Crippen LogP contribution in [0.15, 0.2) is 24.3 Å². The van der Waals surface area contributed by atoms with E-state index in [4.69, 9.17) is 0 Å². The minimum absolute atomic E-state index is 0.0893. The number of imide groups is 1. The normalized spacial score (nSPS) is 14.3. The highest BCUT2D eigenvalue weighted by Gasteiger charge is 2.43. The molecule has 1 aliphatic heterocycles. The molecule has 27 heavy (non-hydrogen) atoms. The van der Waals surface area contributed by atoms with E-state index in [1.807, 2.05) is 13.8 Å². The molecule has 0 radical (unpaired) electrons. The van der Waals surface area contributed by atoms with Gasteiger partial charge in [0.05, 0.1) is 17.7 Å². The molecule has 1 atom stereocenters. The van der Waals surface area contributed by atoms with Gasteiger partial charge >= 0.3 is 0 Å². The van der Waals surface area contributed by atoms with Gasteiger partial charge in [-0.2, -0.15) is 0 Å². The first-order valence-electron chi connectivity index (χ1n) is 9.34. The molecule has 1 aromatic rings. The van der Waals surface area contributed by atoms with Gasteiger partial charge in [0.1, 0.15) is 6.04 Å². The number of carbonyl (C=O) groups is 4. The quantitative estimate of drug-likeness (QED) is 0.703. The Morgan fingerprint density at radius 3 is 2.07 bits per heavy atom. The van der Waals surface area contributed by atoms with E-state index < -0.39 is 17.9 Å². The van der Waals surface area contributed by atoms with Gasteiger partial charge in [0.2, 0.25) is 11.8 Å². The first-order valence-corrected chi connectivity index (χ1v) is 9.34. The van der Waals surface area contributed by atoms with E-state index in [1.54, 1.807) is 38.1 Å². The highest BCUT2D eigenvalue weighted by molar-refractivity contribution is 6.22. The molecule has 0 bridgehead atoms. The van der Waals surface area contributed by atoms with Crippen molar-refractivity contribution in [2.24, 2.45) is 5.92 Å². The van der Waals surface area contributed by atoms with E-state index in [9.17, 15) is 19.2 Å². The lowest BCUT2D eigenvalue weighted by molar-refractivity contribution is -0.139. The predicted octanol–water partition coefficient (Wildman–Crippen LogP) is 1.68. The fraction of sp³-hybridized carbons (Fsp3) is 0.500. The molecule has 1 aromatic carbocycles. The van der Waals surface area contributed by atoms with Gasteiger partial charge in [0.25, 0.3) is 11.8 Å². The van der Waals surface area contributed by atoms with E-state index in [0.717, 1.165) is 4.90 Å². The third kappa shape index (κ3) is 4.35. The smallest absolute Gasteiger partial charge is 0.262 e. The van der Waals surface area contributed by atoms with Gasteiger partial charge < -0.3 is 10.2 Å². The fourth-order valence-electron chi connectivity index (χ4n) is 3.24. The Balaban J connectivity index is 2.32. The molecule has 0 saturated carbocycles. The minimum Gasteiger partial charge on any atom is -0.355 e. The average molecular weight is 373 g/mol. The molecule has 0 saturated heterocycles. The van der Waals surface area contributed by atoms with Crippen LogP contribution < -0.4 is 5.32 Å². The maximum Gasteiger partial charge on any atom is 0.262 e. The van der Waals surface area contributed by atoms with Crippen LogP contribution >= 0.6 is 0 Å². The molecule has 1 N–H and O–H groups in total. The summed E-state index contributed by atoms with van der Waals surface area (Å²) in [7, 11) is 0. The summed E-state index contributed by atoms with van der Waals surface area (Å²) in [6.07, 6.45) is 0.343. The maximum atomic E-state index is 13.2. The number of hydrogen-bond donors (Lipinski definition) is 1. The Labute approximate surface area is 159 Å². The van der Waals surface area contributed by atoms with Crippen LogP contribution in [0.4, 0.5) is 0 Å². The number of benzene rings is 1. The van der Waals surface area contributed by atoms with Crippen molar-refractivity contribution in [1.82, 2.24) is 15.1 Å². The molecular weight excluding hydrogens is 346 g/mol. The standard InChI is InChI=1S/C20H27N3O4/c1-5-21-17(24)12-22(6-2)20(27)16(11-13(3)4)23-18(25)14-9-7-8-10-15(14)19(23)26/h7-10,13,16H,5-6,11-12H2,1-4H3,(H,21,24). The number of nitrogens with one attached hydrogen (secondary N) is 1. The fourth-order valence-corrected chi connectivity index (χ4v) is 3.24. The van der Waals surface area contributed by atoms with E-state index in [-0.39, 0.29) is 24.3 Å². The average Bonchev–Trinajstić information content (AvgIpc) is 2.88. The van der Waals surface area contributed by atoms with Crippen molar-refractivity contribution >= 4 is 23.6 Å². The van der Waals surface area contributed by atoms with Crippen LogP contribution in [0.3, 0.4) is 0 Å². The van der Waals surface area contributed by atoms with Crippen molar-refractivity contribution in [3.05, 3.63) is 35.4 Å². The molecule has 2 rings (SSSR count). The van der Waals surface area contributed by atoms with Crippen molar-refractivity contribution in [1.29, 1.82) is 0 Å².